The van der Waals surface area contributed by atoms with E-state index in [2.05, 4.69) is 10.2 Å². The highest BCUT2D eigenvalue weighted by Gasteiger charge is 2.05. The van der Waals surface area contributed by atoms with E-state index in [4.69, 9.17) is 4.74 Å². The molecule has 3 rings (SSSR count). The van der Waals surface area contributed by atoms with Crippen molar-refractivity contribution in [3.8, 4) is 5.88 Å². The molecular formula is C18H15FN2O. The standard InChI is InChI=1S/C18H15FN2O/c19-17-9-5-4-8-15(17)12-16-10-11-18(21-20-16)22-13-14-6-2-1-3-7-14/h1-11H,12-13H2. The van der Waals surface area contributed by atoms with E-state index >= 15 is 0 Å². The Balaban J connectivity index is 1.62. The highest BCUT2D eigenvalue weighted by Crippen LogP contribution is 2.13. The van der Waals surface area contributed by atoms with Gasteiger partial charge in [0, 0.05) is 12.5 Å². The summed E-state index contributed by atoms with van der Waals surface area (Å²) in [7, 11) is 0. The molecule has 0 atom stereocenters. The topological polar surface area (TPSA) is 35.0 Å². The molecule has 0 radical (unpaired) electrons. The average molecular weight is 294 g/mol. The van der Waals surface area contributed by atoms with Crippen LogP contribution in [0.15, 0.2) is 66.7 Å². The average Bonchev–Trinajstić information content (AvgIpc) is 2.57. The molecule has 0 saturated heterocycles. The van der Waals surface area contributed by atoms with Crippen molar-refractivity contribution in [1.29, 1.82) is 0 Å². The van der Waals surface area contributed by atoms with E-state index in [1.54, 1.807) is 24.3 Å². The van der Waals surface area contributed by atoms with E-state index in [0.717, 1.165) is 5.56 Å². The molecule has 3 aromatic rings. The second-order valence-corrected chi connectivity index (χ2v) is 4.91. The van der Waals surface area contributed by atoms with Crippen molar-refractivity contribution in [2.75, 3.05) is 0 Å². The second kappa shape index (κ2) is 6.80. The number of rotatable bonds is 5. The Hall–Kier alpha value is -2.75. The molecule has 1 aromatic heterocycles. The van der Waals surface area contributed by atoms with Gasteiger partial charge in [-0.2, -0.15) is 5.10 Å². The van der Waals surface area contributed by atoms with Crippen LogP contribution >= 0.6 is 0 Å². The molecular weight excluding hydrogens is 279 g/mol. The lowest BCUT2D eigenvalue weighted by atomic mass is 10.1. The van der Waals surface area contributed by atoms with Crippen LogP contribution in [0.1, 0.15) is 16.8 Å². The third-order valence-corrected chi connectivity index (χ3v) is 3.25. The summed E-state index contributed by atoms with van der Waals surface area (Å²) in [5, 5.41) is 8.11. The molecule has 0 aliphatic heterocycles. The largest absolute Gasteiger partial charge is 0.472 e. The van der Waals surface area contributed by atoms with Gasteiger partial charge >= 0.3 is 0 Å². The number of hydrogen-bond donors (Lipinski definition) is 0. The fourth-order valence-corrected chi connectivity index (χ4v) is 2.09. The Morgan fingerprint density at radius 2 is 1.59 bits per heavy atom. The normalized spacial score (nSPS) is 10.4. The maximum absolute atomic E-state index is 13.6. The highest BCUT2D eigenvalue weighted by molar-refractivity contribution is 5.24. The Kier molecular flexibility index (Phi) is 4.39. The van der Waals surface area contributed by atoms with Crippen LogP contribution in [0.25, 0.3) is 0 Å². The second-order valence-electron chi connectivity index (χ2n) is 4.91. The quantitative estimate of drug-likeness (QED) is 0.718. The number of halogens is 1. The molecule has 0 N–H and O–H groups in total. The van der Waals surface area contributed by atoms with Crippen LogP contribution in [0.5, 0.6) is 5.88 Å². The van der Waals surface area contributed by atoms with Crippen molar-refractivity contribution >= 4 is 0 Å². The molecule has 0 saturated carbocycles. The molecule has 0 fully saturated rings. The maximum atomic E-state index is 13.6. The van der Waals surface area contributed by atoms with E-state index in [1.807, 2.05) is 36.4 Å². The Bertz CT molecular complexity index is 730. The fourth-order valence-electron chi connectivity index (χ4n) is 2.09. The van der Waals surface area contributed by atoms with Crippen LogP contribution in [-0.4, -0.2) is 10.2 Å². The first-order valence-corrected chi connectivity index (χ1v) is 7.04. The van der Waals surface area contributed by atoms with Crippen molar-refractivity contribution in [3.63, 3.8) is 0 Å². The summed E-state index contributed by atoms with van der Waals surface area (Å²) in [5.74, 6) is 0.231. The van der Waals surface area contributed by atoms with Gasteiger partial charge in [0.15, 0.2) is 0 Å². The molecule has 22 heavy (non-hydrogen) atoms. The van der Waals surface area contributed by atoms with Gasteiger partial charge in [-0.15, -0.1) is 5.10 Å². The van der Waals surface area contributed by atoms with Crippen LogP contribution in [-0.2, 0) is 13.0 Å². The zero-order valence-electron chi connectivity index (χ0n) is 11.9. The van der Waals surface area contributed by atoms with E-state index < -0.39 is 0 Å². The summed E-state index contributed by atoms with van der Waals surface area (Å²) < 4.78 is 19.2. The smallest absolute Gasteiger partial charge is 0.233 e. The molecule has 0 amide bonds. The monoisotopic (exact) mass is 294 g/mol. The molecule has 1 heterocycles. The zero-order chi connectivity index (χ0) is 15.2. The van der Waals surface area contributed by atoms with Crippen molar-refractivity contribution in [3.05, 3.63) is 89.4 Å². The molecule has 0 unspecified atom stereocenters. The number of ether oxygens (including phenoxy) is 1. The molecule has 110 valence electrons. The predicted octanol–water partition coefficient (Wildman–Crippen LogP) is 3.79. The number of benzene rings is 2. The lowest BCUT2D eigenvalue weighted by Gasteiger charge is -2.06. The molecule has 2 aromatic carbocycles. The first kappa shape index (κ1) is 14.2. The lowest BCUT2D eigenvalue weighted by Crippen LogP contribution is -2.01. The number of nitrogens with zero attached hydrogens (tertiary/aromatic N) is 2. The number of hydrogen-bond acceptors (Lipinski definition) is 3. The first-order chi connectivity index (χ1) is 10.8. The van der Waals surface area contributed by atoms with E-state index in [-0.39, 0.29) is 5.82 Å². The van der Waals surface area contributed by atoms with Crippen molar-refractivity contribution in [1.82, 2.24) is 10.2 Å². The third-order valence-electron chi connectivity index (χ3n) is 3.25. The SMILES string of the molecule is Fc1ccccc1Cc1ccc(OCc2ccccc2)nn1. The van der Waals surface area contributed by atoms with E-state index in [0.29, 0.717) is 30.2 Å². The molecule has 0 bridgehead atoms. The van der Waals surface area contributed by atoms with Crippen molar-refractivity contribution < 1.29 is 9.13 Å². The van der Waals surface area contributed by atoms with E-state index in [9.17, 15) is 4.39 Å². The molecule has 4 heteroatoms. The van der Waals surface area contributed by atoms with Gasteiger partial charge in [-0.05, 0) is 23.3 Å². The van der Waals surface area contributed by atoms with Crippen LogP contribution in [0.3, 0.4) is 0 Å². The van der Waals surface area contributed by atoms with Gasteiger partial charge in [0.25, 0.3) is 0 Å². The van der Waals surface area contributed by atoms with E-state index in [1.165, 1.54) is 6.07 Å². The summed E-state index contributed by atoms with van der Waals surface area (Å²) in [6.45, 7) is 0.447. The van der Waals surface area contributed by atoms with Crippen LogP contribution in [0.2, 0.25) is 0 Å². The van der Waals surface area contributed by atoms with Crippen LogP contribution in [0.4, 0.5) is 4.39 Å². The van der Waals surface area contributed by atoms with Gasteiger partial charge in [-0.1, -0.05) is 48.5 Å². The minimum atomic E-state index is -0.228. The molecule has 0 aliphatic rings. The maximum Gasteiger partial charge on any atom is 0.233 e. The predicted molar refractivity (Wildman–Crippen MR) is 82.0 cm³/mol. The lowest BCUT2D eigenvalue weighted by molar-refractivity contribution is 0.290. The van der Waals surface area contributed by atoms with Gasteiger partial charge in [0.05, 0.1) is 5.69 Å². The number of aromatic nitrogens is 2. The third kappa shape index (κ3) is 3.67. The van der Waals surface area contributed by atoms with Crippen LogP contribution in [0, 0.1) is 5.82 Å². The minimum Gasteiger partial charge on any atom is -0.472 e. The summed E-state index contributed by atoms with van der Waals surface area (Å²) in [4.78, 5) is 0. The Labute approximate surface area is 128 Å². The summed E-state index contributed by atoms with van der Waals surface area (Å²) in [6.07, 6.45) is 0.415. The van der Waals surface area contributed by atoms with Gasteiger partial charge in [-0.3, -0.25) is 0 Å². The van der Waals surface area contributed by atoms with Gasteiger partial charge in [0.1, 0.15) is 12.4 Å². The molecule has 3 nitrogen and oxygen atoms in total. The van der Waals surface area contributed by atoms with Gasteiger partial charge in [0.2, 0.25) is 5.88 Å². The Morgan fingerprint density at radius 3 is 2.32 bits per heavy atom. The highest BCUT2D eigenvalue weighted by atomic mass is 19.1. The fraction of sp³-hybridized carbons (Fsp3) is 0.111. The zero-order valence-corrected chi connectivity index (χ0v) is 11.9. The Morgan fingerprint density at radius 1 is 0.818 bits per heavy atom. The summed E-state index contributed by atoms with van der Waals surface area (Å²) in [6, 6.07) is 20.1. The molecule has 0 aliphatic carbocycles. The minimum absolute atomic E-state index is 0.228. The van der Waals surface area contributed by atoms with Gasteiger partial charge in [-0.25, -0.2) is 4.39 Å². The van der Waals surface area contributed by atoms with Crippen LogP contribution < -0.4 is 4.74 Å². The summed E-state index contributed by atoms with van der Waals surface area (Å²) in [5.41, 5.74) is 2.38. The van der Waals surface area contributed by atoms with Crippen molar-refractivity contribution in [2.24, 2.45) is 0 Å². The molecule has 0 spiro atoms. The van der Waals surface area contributed by atoms with Gasteiger partial charge < -0.3 is 4.74 Å². The first-order valence-electron chi connectivity index (χ1n) is 7.04. The van der Waals surface area contributed by atoms with Crippen molar-refractivity contribution in [2.45, 2.75) is 13.0 Å². The summed E-state index contributed by atoms with van der Waals surface area (Å²) >= 11 is 0.